The van der Waals surface area contributed by atoms with E-state index in [0.717, 1.165) is 0 Å². The molecular formula is C11H14ClFN2O. The Labute approximate surface area is 99.2 Å². The van der Waals surface area contributed by atoms with Crippen LogP contribution in [0.3, 0.4) is 0 Å². The number of hydrogen-bond donors (Lipinski definition) is 0. The third-order valence-electron chi connectivity index (χ3n) is 2.64. The van der Waals surface area contributed by atoms with Crippen molar-refractivity contribution < 1.29 is 9.13 Å². The zero-order valence-corrected chi connectivity index (χ0v) is 9.88. The van der Waals surface area contributed by atoms with Crippen molar-refractivity contribution in [1.82, 2.24) is 4.98 Å². The first-order valence-electron chi connectivity index (χ1n) is 5.28. The van der Waals surface area contributed by atoms with Crippen LogP contribution < -0.4 is 4.90 Å². The maximum atomic E-state index is 14.0. The largest absolute Gasteiger partial charge is 0.375 e. The molecule has 0 aliphatic carbocycles. The first-order valence-corrected chi connectivity index (χ1v) is 5.81. The van der Waals surface area contributed by atoms with E-state index in [2.05, 4.69) is 4.98 Å². The minimum absolute atomic E-state index is 0.106. The summed E-state index contributed by atoms with van der Waals surface area (Å²) in [4.78, 5) is 5.98. The first-order chi connectivity index (χ1) is 7.72. The Morgan fingerprint density at radius 2 is 2.50 bits per heavy atom. The zero-order chi connectivity index (χ0) is 11.5. The first kappa shape index (κ1) is 11.6. The van der Waals surface area contributed by atoms with Crippen LogP contribution in [0.4, 0.5) is 10.2 Å². The van der Waals surface area contributed by atoms with Crippen molar-refractivity contribution in [2.75, 3.05) is 24.6 Å². The molecule has 3 nitrogen and oxygen atoms in total. The zero-order valence-electron chi connectivity index (χ0n) is 9.12. The Morgan fingerprint density at radius 3 is 3.19 bits per heavy atom. The topological polar surface area (TPSA) is 25.4 Å². The van der Waals surface area contributed by atoms with Gasteiger partial charge in [-0.3, -0.25) is 0 Å². The van der Waals surface area contributed by atoms with E-state index in [0.29, 0.717) is 31.1 Å². The van der Waals surface area contributed by atoms with Crippen molar-refractivity contribution in [3.05, 3.63) is 23.6 Å². The SMILES string of the molecule is CC1CN(c2nccc(CCl)c2F)CCO1. The summed E-state index contributed by atoms with van der Waals surface area (Å²) >= 11 is 5.66. The third-order valence-corrected chi connectivity index (χ3v) is 2.92. The standard InChI is InChI=1S/C11H14ClFN2O/c1-8-7-15(4-5-16-8)11-10(13)9(6-12)2-3-14-11/h2-3,8H,4-7H2,1H3. The lowest BCUT2D eigenvalue weighted by atomic mass is 10.2. The summed E-state index contributed by atoms with van der Waals surface area (Å²) < 4.78 is 19.4. The number of morpholine rings is 1. The van der Waals surface area contributed by atoms with Crippen molar-refractivity contribution >= 4 is 17.4 Å². The summed E-state index contributed by atoms with van der Waals surface area (Å²) in [5.74, 6) is 0.237. The Bertz CT molecular complexity index is 375. The summed E-state index contributed by atoms with van der Waals surface area (Å²) in [7, 11) is 0. The van der Waals surface area contributed by atoms with Crippen LogP contribution in [-0.2, 0) is 10.6 Å². The fourth-order valence-electron chi connectivity index (χ4n) is 1.81. The molecule has 1 fully saturated rings. The molecule has 1 aromatic rings. The van der Waals surface area contributed by atoms with Crippen LogP contribution in [0.1, 0.15) is 12.5 Å². The molecule has 0 bridgehead atoms. The molecule has 0 amide bonds. The maximum absolute atomic E-state index is 14.0. The minimum atomic E-state index is -0.313. The number of pyridine rings is 1. The van der Waals surface area contributed by atoms with Gasteiger partial charge in [-0.15, -0.1) is 11.6 Å². The van der Waals surface area contributed by atoms with Crippen LogP contribution in [0.2, 0.25) is 0 Å². The van der Waals surface area contributed by atoms with Gasteiger partial charge in [-0.05, 0) is 13.0 Å². The lowest BCUT2D eigenvalue weighted by molar-refractivity contribution is 0.0527. The molecule has 0 radical (unpaired) electrons. The number of ether oxygens (including phenoxy) is 1. The van der Waals surface area contributed by atoms with Crippen molar-refractivity contribution in [3.8, 4) is 0 Å². The van der Waals surface area contributed by atoms with Gasteiger partial charge in [0.2, 0.25) is 0 Å². The number of alkyl halides is 1. The molecule has 1 aliphatic heterocycles. The molecule has 1 aliphatic rings. The van der Waals surface area contributed by atoms with Gasteiger partial charge in [0, 0.05) is 24.8 Å². The van der Waals surface area contributed by atoms with Crippen LogP contribution in [0.25, 0.3) is 0 Å². The highest BCUT2D eigenvalue weighted by Crippen LogP contribution is 2.22. The monoisotopic (exact) mass is 244 g/mol. The van der Waals surface area contributed by atoms with Crippen LogP contribution >= 0.6 is 11.6 Å². The molecule has 2 heterocycles. The van der Waals surface area contributed by atoms with E-state index in [1.54, 1.807) is 12.3 Å². The molecule has 0 spiro atoms. The van der Waals surface area contributed by atoms with E-state index in [1.165, 1.54) is 0 Å². The van der Waals surface area contributed by atoms with Crippen molar-refractivity contribution in [2.45, 2.75) is 18.9 Å². The number of anilines is 1. The molecule has 1 unspecified atom stereocenters. The van der Waals surface area contributed by atoms with E-state index in [9.17, 15) is 4.39 Å². The molecule has 88 valence electrons. The third kappa shape index (κ3) is 2.28. The van der Waals surface area contributed by atoms with Crippen molar-refractivity contribution in [1.29, 1.82) is 0 Å². The summed E-state index contributed by atoms with van der Waals surface area (Å²) in [6, 6.07) is 1.61. The maximum Gasteiger partial charge on any atom is 0.170 e. The van der Waals surface area contributed by atoms with Crippen molar-refractivity contribution in [3.63, 3.8) is 0 Å². The fraction of sp³-hybridized carbons (Fsp3) is 0.545. The van der Waals surface area contributed by atoms with Crippen LogP contribution in [0, 0.1) is 5.82 Å². The number of rotatable bonds is 2. The number of aromatic nitrogens is 1. The van der Waals surface area contributed by atoms with Crippen LogP contribution in [0.15, 0.2) is 12.3 Å². The van der Waals surface area contributed by atoms with Gasteiger partial charge in [0.25, 0.3) is 0 Å². The van der Waals surface area contributed by atoms with Gasteiger partial charge < -0.3 is 9.64 Å². The second-order valence-corrected chi connectivity index (χ2v) is 4.14. The number of hydrogen-bond acceptors (Lipinski definition) is 3. The van der Waals surface area contributed by atoms with Gasteiger partial charge in [-0.1, -0.05) is 0 Å². The number of nitrogens with zero attached hydrogens (tertiary/aromatic N) is 2. The number of halogens is 2. The molecule has 0 saturated carbocycles. The molecule has 2 rings (SSSR count). The van der Waals surface area contributed by atoms with Gasteiger partial charge >= 0.3 is 0 Å². The average Bonchev–Trinajstić information content (AvgIpc) is 2.29. The molecule has 16 heavy (non-hydrogen) atoms. The fourth-order valence-corrected chi connectivity index (χ4v) is 2.01. The normalized spacial score (nSPS) is 21.2. The van der Waals surface area contributed by atoms with E-state index in [-0.39, 0.29) is 17.8 Å². The van der Waals surface area contributed by atoms with Gasteiger partial charge in [0.05, 0.1) is 18.6 Å². The van der Waals surface area contributed by atoms with Gasteiger partial charge in [-0.2, -0.15) is 0 Å². The highest BCUT2D eigenvalue weighted by Gasteiger charge is 2.21. The molecule has 0 N–H and O–H groups in total. The summed E-state index contributed by atoms with van der Waals surface area (Å²) in [6.07, 6.45) is 1.70. The van der Waals surface area contributed by atoms with Gasteiger partial charge in [0.15, 0.2) is 11.6 Å². The lowest BCUT2D eigenvalue weighted by Gasteiger charge is -2.32. The minimum Gasteiger partial charge on any atom is -0.375 e. The van der Waals surface area contributed by atoms with Crippen LogP contribution in [-0.4, -0.2) is 30.8 Å². The van der Waals surface area contributed by atoms with E-state index in [1.807, 2.05) is 11.8 Å². The molecule has 1 aromatic heterocycles. The second-order valence-electron chi connectivity index (χ2n) is 3.87. The van der Waals surface area contributed by atoms with Crippen LogP contribution in [0.5, 0.6) is 0 Å². The highest BCUT2D eigenvalue weighted by molar-refractivity contribution is 6.17. The lowest BCUT2D eigenvalue weighted by Crippen LogP contribution is -2.42. The van der Waals surface area contributed by atoms with E-state index in [4.69, 9.17) is 16.3 Å². The van der Waals surface area contributed by atoms with E-state index >= 15 is 0 Å². The quantitative estimate of drug-likeness (QED) is 0.746. The summed E-state index contributed by atoms with van der Waals surface area (Å²) in [5.41, 5.74) is 0.491. The Kier molecular flexibility index (Phi) is 3.61. The predicted octanol–water partition coefficient (Wildman–Crippen LogP) is 2.18. The molecule has 1 saturated heterocycles. The summed E-state index contributed by atoms with van der Waals surface area (Å²) in [5, 5.41) is 0. The van der Waals surface area contributed by atoms with E-state index < -0.39 is 0 Å². The predicted molar refractivity (Wildman–Crippen MR) is 61.4 cm³/mol. The average molecular weight is 245 g/mol. The van der Waals surface area contributed by atoms with Gasteiger partial charge in [-0.25, -0.2) is 9.37 Å². The Morgan fingerprint density at radius 1 is 1.69 bits per heavy atom. The second kappa shape index (κ2) is 4.97. The smallest absolute Gasteiger partial charge is 0.170 e. The Balaban J connectivity index is 2.25. The Hall–Kier alpha value is -0.870. The molecule has 0 aromatic carbocycles. The molecule has 1 atom stereocenters. The molecule has 5 heteroatoms. The van der Waals surface area contributed by atoms with Crippen molar-refractivity contribution in [2.24, 2.45) is 0 Å². The summed E-state index contributed by atoms with van der Waals surface area (Å²) in [6.45, 7) is 3.90. The molecular weight excluding hydrogens is 231 g/mol. The van der Waals surface area contributed by atoms with Gasteiger partial charge in [0.1, 0.15) is 0 Å². The highest BCUT2D eigenvalue weighted by atomic mass is 35.5.